The lowest BCUT2D eigenvalue weighted by molar-refractivity contribution is 0.0628. The van der Waals surface area contributed by atoms with Crippen LogP contribution in [-0.4, -0.2) is 48.7 Å². The van der Waals surface area contributed by atoms with Crippen molar-refractivity contribution in [1.29, 1.82) is 0 Å². The van der Waals surface area contributed by atoms with Crippen molar-refractivity contribution in [3.63, 3.8) is 0 Å². The molecule has 2 aliphatic heterocycles. The number of hydrogen-bond acceptors (Lipinski definition) is 5. The second-order valence-electron chi connectivity index (χ2n) is 9.47. The van der Waals surface area contributed by atoms with E-state index in [4.69, 9.17) is 14.2 Å². The molecule has 0 aliphatic carbocycles. The van der Waals surface area contributed by atoms with Gasteiger partial charge in [-0.15, -0.1) is 0 Å². The first-order chi connectivity index (χ1) is 17.0. The number of rotatable bonds is 7. The molecule has 35 heavy (non-hydrogen) atoms. The van der Waals surface area contributed by atoms with Gasteiger partial charge in [0.05, 0.1) is 0 Å². The third-order valence-electron chi connectivity index (χ3n) is 6.63. The van der Waals surface area contributed by atoms with Gasteiger partial charge in [0, 0.05) is 38.3 Å². The van der Waals surface area contributed by atoms with E-state index in [2.05, 4.69) is 36.9 Å². The van der Waals surface area contributed by atoms with Crippen LogP contribution >= 0.6 is 0 Å². The van der Waals surface area contributed by atoms with Gasteiger partial charge in [0.15, 0.2) is 11.5 Å². The Kier molecular flexibility index (Phi) is 6.91. The van der Waals surface area contributed by atoms with Gasteiger partial charge in [0.1, 0.15) is 12.4 Å². The van der Waals surface area contributed by atoms with Gasteiger partial charge in [-0.05, 0) is 59.0 Å². The lowest BCUT2D eigenvalue weighted by Gasteiger charge is -2.34. The Bertz CT molecular complexity index is 1170. The van der Waals surface area contributed by atoms with Crippen molar-refractivity contribution in [3.05, 3.63) is 89.0 Å². The SMILES string of the molecule is CC(C)c1ccc(OCc2cccc(C(=O)N3CCN(Cc4ccc5c(c4)OCO5)CC3)c2)cc1. The van der Waals surface area contributed by atoms with E-state index in [1.165, 1.54) is 11.1 Å². The van der Waals surface area contributed by atoms with E-state index in [9.17, 15) is 4.79 Å². The second-order valence-corrected chi connectivity index (χ2v) is 9.47. The summed E-state index contributed by atoms with van der Waals surface area (Å²) in [5.74, 6) is 3.03. The molecule has 182 valence electrons. The minimum Gasteiger partial charge on any atom is -0.489 e. The van der Waals surface area contributed by atoms with E-state index in [0.29, 0.717) is 31.2 Å². The van der Waals surface area contributed by atoms with Crippen LogP contribution < -0.4 is 14.2 Å². The van der Waals surface area contributed by atoms with E-state index in [1.807, 2.05) is 53.4 Å². The molecule has 3 aromatic carbocycles. The fourth-order valence-electron chi connectivity index (χ4n) is 4.50. The summed E-state index contributed by atoms with van der Waals surface area (Å²) >= 11 is 0. The van der Waals surface area contributed by atoms with Crippen LogP contribution in [0.2, 0.25) is 0 Å². The summed E-state index contributed by atoms with van der Waals surface area (Å²) < 4.78 is 16.8. The predicted octanol–water partition coefficient (Wildman–Crippen LogP) is 5.08. The Balaban J connectivity index is 1.13. The van der Waals surface area contributed by atoms with Crippen molar-refractivity contribution in [1.82, 2.24) is 9.80 Å². The quantitative estimate of drug-likeness (QED) is 0.480. The summed E-state index contributed by atoms with van der Waals surface area (Å²) in [5, 5.41) is 0. The average Bonchev–Trinajstić information content (AvgIpc) is 3.36. The number of carbonyl (C=O) groups is 1. The van der Waals surface area contributed by atoms with Crippen LogP contribution in [0.15, 0.2) is 66.7 Å². The summed E-state index contributed by atoms with van der Waals surface area (Å²) in [6.07, 6.45) is 0. The van der Waals surface area contributed by atoms with Crippen molar-refractivity contribution in [2.45, 2.75) is 32.9 Å². The number of amides is 1. The van der Waals surface area contributed by atoms with Gasteiger partial charge < -0.3 is 19.1 Å². The molecule has 6 heteroatoms. The molecule has 0 saturated carbocycles. The van der Waals surface area contributed by atoms with E-state index < -0.39 is 0 Å². The maximum absolute atomic E-state index is 13.2. The summed E-state index contributed by atoms with van der Waals surface area (Å²) in [4.78, 5) is 17.5. The molecule has 2 heterocycles. The number of hydrogen-bond donors (Lipinski definition) is 0. The van der Waals surface area contributed by atoms with Gasteiger partial charge in [-0.2, -0.15) is 0 Å². The molecular weight excluding hydrogens is 440 g/mol. The Morgan fingerprint density at radius 3 is 2.43 bits per heavy atom. The Morgan fingerprint density at radius 1 is 0.886 bits per heavy atom. The maximum atomic E-state index is 13.2. The number of fused-ring (bicyclic) bond motifs is 1. The van der Waals surface area contributed by atoms with E-state index in [-0.39, 0.29) is 12.7 Å². The van der Waals surface area contributed by atoms with Gasteiger partial charge in [0.25, 0.3) is 5.91 Å². The molecule has 2 aliphatic rings. The third kappa shape index (κ3) is 5.60. The molecule has 5 rings (SSSR count). The third-order valence-corrected chi connectivity index (χ3v) is 6.63. The Labute approximate surface area is 207 Å². The summed E-state index contributed by atoms with van der Waals surface area (Å²) in [6.45, 7) is 9.03. The van der Waals surface area contributed by atoms with Crippen LogP contribution in [0.25, 0.3) is 0 Å². The van der Waals surface area contributed by atoms with Crippen molar-refractivity contribution >= 4 is 5.91 Å². The second kappa shape index (κ2) is 10.4. The van der Waals surface area contributed by atoms with Crippen molar-refractivity contribution in [2.75, 3.05) is 33.0 Å². The highest BCUT2D eigenvalue weighted by Gasteiger charge is 2.23. The van der Waals surface area contributed by atoms with Crippen LogP contribution in [0.1, 0.15) is 46.8 Å². The smallest absolute Gasteiger partial charge is 0.253 e. The predicted molar refractivity (Wildman–Crippen MR) is 135 cm³/mol. The number of piperazine rings is 1. The molecule has 1 amide bonds. The molecule has 1 fully saturated rings. The molecule has 6 nitrogen and oxygen atoms in total. The molecule has 0 radical (unpaired) electrons. The van der Waals surface area contributed by atoms with Crippen molar-refractivity contribution in [2.24, 2.45) is 0 Å². The molecule has 0 bridgehead atoms. The van der Waals surface area contributed by atoms with E-state index in [0.717, 1.165) is 42.4 Å². The minimum atomic E-state index is 0.0795. The first-order valence-electron chi connectivity index (χ1n) is 12.3. The Morgan fingerprint density at radius 2 is 1.66 bits per heavy atom. The van der Waals surface area contributed by atoms with Crippen molar-refractivity contribution < 1.29 is 19.0 Å². The molecule has 0 unspecified atom stereocenters. The molecule has 3 aromatic rings. The molecule has 0 atom stereocenters. The first kappa shape index (κ1) is 23.2. The Hall–Kier alpha value is -3.51. The van der Waals surface area contributed by atoms with Crippen molar-refractivity contribution in [3.8, 4) is 17.2 Å². The summed E-state index contributed by atoms with van der Waals surface area (Å²) in [5.41, 5.74) is 4.19. The van der Waals surface area contributed by atoms with Crippen LogP contribution in [0.4, 0.5) is 0 Å². The van der Waals surface area contributed by atoms with Gasteiger partial charge in [-0.25, -0.2) is 0 Å². The molecule has 1 saturated heterocycles. The molecule has 0 aromatic heterocycles. The monoisotopic (exact) mass is 472 g/mol. The average molecular weight is 473 g/mol. The molecule has 0 N–H and O–H groups in total. The van der Waals surface area contributed by atoms with Gasteiger partial charge in [-0.3, -0.25) is 9.69 Å². The number of benzene rings is 3. The fourth-order valence-corrected chi connectivity index (χ4v) is 4.50. The molecular formula is C29H32N2O4. The number of carbonyl (C=O) groups excluding carboxylic acids is 1. The molecule has 0 spiro atoms. The zero-order chi connectivity index (χ0) is 24.2. The summed E-state index contributed by atoms with van der Waals surface area (Å²) in [7, 11) is 0. The lowest BCUT2D eigenvalue weighted by Crippen LogP contribution is -2.48. The number of ether oxygens (including phenoxy) is 3. The lowest BCUT2D eigenvalue weighted by atomic mass is 10.0. The number of nitrogens with zero attached hydrogens (tertiary/aromatic N) is 2. The van der Waals surface area contributed by atoms with Crippen LogP contribution in [0.3, 0.4) is 0 Å². The summed E-state index contributed by atoms with van der Waals surface area (Å²) in [6, 6.07) is 22.1. The minimum absolute atomic E-state index is 0.0795. The van der Waals surface area contributed by atoms with Crippen LogP contribution in [0, 0.1) is 0 Å². The zero-order valence-corrected chi connectivity index (χ0v) is 20.4. The van der Waals surface area contributed by atoms with Gasteiger partial charge >= 0.3 is 0 Å². The highest BCUT2D eigenvalue weighted by atomic mass is 16.7. The van der Waals surface area contributed by atoms with Gasteiger partial charge in [-0.1, -0.05) is 44.2 Å². The van der Waals surface area contributed by atoms with Crippen LogP contribution in [0.5, 0.6) is 17.2 Å². The highest BCUT2D eigenvalue weighted by Crippen LogP contribution is 2.33. The topological polar surface area (TPSA) is 51.2 Å². The van der Waals surface area contributed by atoms with Crippen LogP contribution in [-0.2, 0) is 13.2 Å². The normalized spacial score (nSPS) is 15.5. The first-order valence-corrected chi connectivity index (χ1v) is 12.3. The fraction of sp³-hybridized carbons (Fsp3) is 0.345. The van der Waals surface area contributed by atoms with E-state index >= 15 is 0 Å². The highest BCUT2D eigenvalue weighted by molar-refractivity contribution is 5.94. The zero-order valence-electron chi connectivity index (χ0n) is 20.4. The standard InChI is InChI=1S/C29H32N2O4/c1-21(2)24-7-9-26(10-8-24)33-19-23-4-3-5-25(16-23)29(32)31-14-12-30(13-15-31)18-22-6-11-27-28(17-22)35-20-34-27/h3-11,16-17,21H,12-15,18-20H2,1-2H3. The van der Waals surface area contributed by atoms with Gasteiger partial charge in [0.2, 0.25) is 6.79 Å². The van der Waals surface area contributed by atoms with E-state index in [1.54, 1.807) is 0 Å². The maximum Gasteiger partial charge on any atom is 0.253 e. The largest absolute Gasteiger partial charge is 0.489 e.